The molecule has 0 unspecified atom stereocenters. The number of hydrogen-bond acceptors (Lipinski definition) is 8. The highest BCUT2D eigenvalue weighted by molar-refractivity contribution is 7.91. The highest BCUT2D eigenvalue weighted by Gasteiger charge is 2.63. The minimum atomic E-state index is -3.90. The molecule has 3 heterocycles. The van der Waals surface area contributed by atoms with E-state index in [-0.39, 0.29) is 31.3 Å². The van der Waals surface area contributed by atoms with E-state index < -0.39 is 74.1 Å². The Bertz CT molecular complexity index is 1950. The number of amides is 5. The van der Waals surface area contributed by atoms with Gasteiger partial charge in [-0.15, -0.1) is 0 Å². The van der Waals surface area contributed by atoms with Crippen LogP contribution in [0.3, 0.4) is 0 Å². The molecule has 5 amide bonds. The van der Waals surface area contributed by atoms with Crippen LogP contribution in [-0.4, -0.2) is 96.0 Å². The lowest BCUT2D eigenvalue weighted by Crippen LogP contribution is -2.60. The van der Waals surface area contributed by atoms with Crippen molar-refractivity contribution in [2.75, 3.05) is 19.6 Å². The Morgan fingerprint density at radius 3 is 2.45 bits per heavy atom. The number of carbonyl (C=O) groups excluding carboxylic acids is 5. The zero-order valence-electron chi connectivity index (χ0n) is 30.5. The van der Waals surface area contributed by atoms with E-state index in [1.54, 1.807) is 31.7 Å². The molecule has 14 heteroatoms. The average molecular weight is 748 g/mol. The molecule has 3 aliphatic heterocycles. The zero-order valence-corrected chi connectivity index (χ0v) is 31.3. The molecule has 0 aromatic heterocycles. The first-order valence-electron chi connectivity index (χ1n) is 18.8. The Labute approximate surface area is 310 Å². The van der Waals surface area contributed by atoms with Crippen LogP contribution in [0.1, 0.15) is 82.5 Å². The third kappa shape index (κ3) is 7.65. The minimum Gasteiger partial charge on any atom is -0.444 e. The molecule has 284 valence electrons. The number of carbonyl (C=O) groups is 5. The van der Waals surface area contributed by atoms with Gasteiger partial charge in [0.15, 0.2) is 0 Å². The van der Waals surface area contributed by atoms with Gasteiger partial charge in [0, 0.05) is 43.0 Å². The number of rotatable bonds is 5. The predicted molar refractivity (Wildman–Crippen MR) is 197 cm³/mol. The molecular formula is C39H49N5O8S. The Hall–Kier alpha value is -4.46. The molecule has 53 heavy (non-hydrogen) atoms. The summed E-state index contributed by atoms with van der Waals surface area (Å²) in [6, 6.07) is 11.2. The van der Waals surface area contributed by atoms with Crippen molar-refractivity contribution < 1.29 is 37.1 Å². The molecule has 0 bridgehead atoms. The van der Waals surface area contributed by atoms with E-state index in [1.165, 1.54) is 4.90 Å². The maximum Gasteiger partial charge on any atom is 0.408 e. The second-order valence-corrected chi connectivity index (χ2v) is 18.3. The second-order valence-electron chi connectivity index (χ2n) is 16.3. The van der Waals surface area contributed by atoms with Gasteiger partial charge in [-0.3, -0.25) is 23.9 Å². The molecule has 2 saturated carbocycles. The lowest BCUT2D eigenvalue weighted by atomic mass is 9.93. The minimum absolute atomic E-state index is 0.159. The smallest absolute Gasteiger partial charge is 0.408 e. The number of ether oxygens (including phenoxy) is 1. The monoisotopic (exact) mass is 747 g/mol. The molecule has 7 rings (SSSR count). The topological polar surface area (TPSA) is 171 Å². The molecule has 2 saturated heterocycles. The van der Waals surface area contributed by atoms with Crippen molar-refractivity contribution in [1.29, 1.82) is 0 Å². The van der Waals surface area contributed by atoms with Crippen molar-refractivity contribution in [1.82, 2.24) is 25.2 Å². The van der Waals surface area contributed by atoms with E-state index >= 15 is 0 Å². The summed E-state index contributed by atoms with van der Waals surface area (Å²) in [5, 5.41) is 6.82. The summed E-state index contributed by atoms with van der Waals surface area (Å²) in [5.74, 6) is -3.15. The molecule has 4 fully saturated rings. The van der Waals surface area contributed by atoms with Gasteiger partial charge in [0.25, 0.3) is 11.8 Å². The number of likely N-dealkylation sites (tertiary alicyclic amines) is 1. The van der Waals surface area contributed by atoms with Crippen LogP contribution in [-0.2, 0) is 29.1 Å². The van der Waals surface area contributed by atoms with Crippen molar-refractivity contribution in [2.24, 2.45) is 17.8 Å². The number of benzene rings is 2. The van der Waals surface area contributed by atoms with E-state index in [0.29, 0.717) is 44.2 Å². The van der Waals surface area contributed by atoms with Crippen molar-refractivity contribution in [3.63, 3.8) is 0 Å². The van der Waals surface area contributed by atoms with Gasteiger partial charge < -0.3 is 25.2 Å². The van der Waals surface area contributed by atoms with Crippen molar-refractivity contribution in [2.45, 2.75) is 101 Å². The molecule has 2 aliphatic carbocycles. The van der Waals surface area contributed by atoms with Crippen LogP contribution in [0, 0.1) is 17.8 Å². The maximum atomic E-state index is 14.6. The Balaban J connectivity index is 1.20. The fourth-order valence-corrected chi connectivity index (χ4v) is 9.63. The average Bonchev–Trinajstić information content (AvgIpc) is 3.99. The third-order valence-corrected chi connectivity index (χ3v) is 13.0. The molecule has 6 atom stereocenters. The quantitative estimate of drug-likeness (QED) is 0.390. The van der Waals surface area contributed by atoms with Crippen molar-refractivity contribution in [3.8, 4) is 0 Å². The van der Waals surface area contributed by atoms with Crippen molar-refractivity contribution in [3.05, 3.63) is 60.2 Å². The van der Waals surface area contributed by atoms with E-state index in [2.05, 4.69) is 15.4 Å². The van der Waals surface area contributed by atoms with Gasteiger partial charge in [-0.2, -0.15) is 0 Å². The number of fused-ring (bicyclic) bond motifs is 5. The first-order chi connectivity index (χ1) is 25.2. The molecule has 3 N–H and O–H groups in total. The summed E-state index contributed by atoms with van der Waals surface area (Å²) < 4.78 is 33.5. The van der Waals surface area contributed by atoms with Gasteiger partial charge in [-0.05, 0) is 76.1 Å². The number of sulfonamides is 1. The standard InChI is InChI=1S/C39H49N5O8S/c1-38(2,3)52-37(49)40-31-17-8-6-4-5-7-14-26-20-39(26,36(48)42-53(50,51)27-18-19-27)41-33(45)32-30-23-43(21-25(30)22-44(32)35(31)47)34(46)29-16-11-13-24-12-9-10-15-28(24)29/h7,9-16,25-27,30-32H,4-6,8,17-23H2,1-3H3,(H,40,49)(H,41,45)(H,42,48)/b14-7-/t25-,26-,30-,31+,32-,39+/m0/s1. The summed E-state index contributed by atoms with van der Waals surface area (Å²) in [7, 11) is -3.90. The third-order valence-electron chi connectivity index (χ3n) is 11.2. The first-order valence-corrected chi connectivity index (χ1v) is 20.3. The Morgan fingerprint density at radius 2 is 1.70 bits per heavy atom. The van der Waals surface area contributed by atoms with Gasteiger partial charge in [-0.1, -0.05) is 61.4 Å². The highest BCUT2D eigenvalue weighted by Crippen LogP contribution is 2.47. The molecule has 2 aromatic carbocycles. The molecule has 13 nitrogen and oxygen atoms in total. The Morgan fingerprint density at radius 1 is 0.943 bits per heavy atom. The maximum absolute atomic E-state index is 14.6. The van der Waals surface area contributed by atoms with Gasteiger partial charge in [0.2, 0.25) is 21.8 Å². The van der Waals surface area contributed by atoms with Crippen LogP contribution < -0.4 is 15.4 Å². The largest absolute Gasteiger partial charge is 0.444 e. The van der Waals surface area contributed by atoms with Crippen LogP contribution in [0.2, 0.25) is 0 Å². The van der Waals surface area contributed by atoms with Crippen LogP contribution in [0.15, 0.2) is 54.6 Å². The molecular weight excluding hydrogens is 699 g/mol. The number of hydrogen-bond donors (Lipinski definition) is 3. The highest BCUT2D eigenvalue weighted by atomic mass is 32.2. The van der Waals surface area contributed by atoms with Crippen LogP contribution in [0.4, 0.5) is 4.79 Å². The zero-order chi connectivity index (χ0) is 37.7. The molecule has 2 aromatic rings. The van der Waals surface area contributed by atoms with Crippen molar-refractivity contribution >= 4 is 50.5 Å². The van der Waals surface area contributed by atoms with Gasteiger partial charge in [-0.25, -0.2) is 13.2 Å². The van der Waals surface area contributed by atoms with Crippen LogP contribution in [0.5, 0.6) is 0 Å². The normalized spacial score (nSPS) is 29.8. The molecule has 0 spiro atoms. The summed E-state index contributed by atoms with van der Waals surface area (Å²) >= 11 is 0. The molecule has 0 radical (unpaired) electrons. The SMILES string of the molecule is CC(C)(C)OC(=O)N[C@@H]1CCCCC/C=C\[C@H]2C[C@@]2(C(=O)NS(=O)(=O)C2CC2)NC(=O)[C@@H]2[C@H]3CN(C(=O)c4cccc5ccccc45)C[C@H]3CN2C1=O. The summed E-state index contributed by atoms with van der Waals surface area (Å²) in [6.45, 7) is 5.86. The summed E-state index contributed by atoms with van der Waals surface area (Å²) in [5.41, 5.74) is -1.76. The number of allylic oxidation sites excluding steroid dienone is 1. The summed E-state index contributed by atoms with van der Waals surface area (Å²) in [4.78, 5) is 73.2. The number of alkyl carbamates (subject to hydrolysis) is 1. The first kappa shape index (κ1) is 36.9. The predicted octanol–water partition coefficient (Wildman–Crippen LogP) is 3.64. The lowest BCUT2D eigenvalue weighted by molar-refractivity contribution is -0.142. The van der Waals surface area contributed by atoms with Crippen LogP contribution in [0.25, 0.3) is 10.8 Å². The van der Waals surface area contributed by atoms with E-state index in [9.17, 15) is 32.4 Å². The second kappa shape index (κ2) is 14.1. The van der Waals surface area contributed by atoms with Gasteiger partial charge >= 0.3 is 6.09 Å². The van der Waals surface area contributed by atoms with E-state index in [4.69, 9.17) is 4.74 Å². The fraction of sp³-hybridized carbons (Fsp3) is 0.564. The van der Waals surface area contributed by atoms with Gasteiger partial charge in [0.1, 0.15) is 23.2 Å². The van der Waals surface area contributed by atoms with E-state index in [0.717, 1.165) is 23.6 Å². The summed E-state index contributed by atoms with van der Waals surface area (Å²) in [6.07, 6.45) is 7.49. The van der Waals surface area contributed by atoms with Gasteiger partial charge in [0.05, 0.1) is 5.25 Å². The lowest BCUT2D eigenvalue weighted by Gasteiger charge is -2.33. The van der Waals surface area contributed by atoms with Crippen LogP contribution >= 0.6 is 0 Å². The fourth-order valence-electron chi connectivity index (χ4n) is 8.27. The molecule has 5 aliphatic rings. The Kier molecular flexibility index (Phi) is 9.79. The number of nitrogens with one attached hydrogen (secondary N) is 3. The van der Waals surface area contributed by atoms with E-state index in [1.807, 2.05) is 48.6 Å². The number of nitrogens with zero attached hydrogens (tertiary/aromatic N) is 2.